The molecule has 0 amide bonds. The van der Waals surface area contributed by atoms with Crippen LogP contribution in [0.2, 0.25) is 0 Å². The molecule has 2 nitrogen and oxygen atoms in total. The van der Waals surface area contributed by atoms with Crippen molar-refractivity contribution in [1.82, 2.24) is 10.2 Å². The van der Waals surface area contributed by atoms with Gasteiger partial charge in [0.25, 0.3) is 0 Å². The van der Waals surface area contributed by atoms with Crippen molar-refractivity contribution in [3.8, 4) is 0 Å². The summed E-state index contributed by atoms with van der Waals surface area (Å²) >= 11 is 1.94. The number of nitrogens with zero attached hydrogens (tertiary/aromatic N) is 1. The highest BCUT2D eigenvalue weighted by molar-refractivity contribution is 7.99. The van der Waals surface area contributed by atoms with Crippen molar-refractivity contribution in [3.05, 3.63) is 66.2 Å². The molecular weight excluding hydrogens is 324 g/mol. The lowest BCUT2D eigenvalue weighted by Crippen LogP contribution is -2.44. The van der Waals surface area contributed by atoms with Gasteiger partial charge in [0.2, 0.25) is 0 Å². The van der Waals surface area contributed by atoms with Crippen molar-refractivity contribution < 1.29 is 0 Å². The van der Waals surface area contributed by atoms with E-state index in [2.05, 4.69) is 91.7 Å². The fourth-order valence-corrected chi connectivity index (χ4v) is 3.57. The van der Waals surface area contributed by atoms with Crippen LogP contribution in [0, 0.1) is 0 Å². The van der Waals surface area contributed by atoms with E-state index < -0.39 is 0 Å². The third-order valence-corrected chi connectivity index (χ3v) is 5.33. The highest BCUT2D eigenvalue weighted by Gasteiger charge is 2.20. The molecule has 1 N–H and O–H groups in total. The third kappa shape index (κ3) is 8.08. The molecule has 0 atom stereocenters. The summed E-state index contributed by atoms with van der Waals surface area (Å²) in [7, 11) is 0. The quantitative estimate of drug-likeness (QED) is 0.473. The van der Waals surface area contributed by atoms with E-state index in [0.717, 1.165) is 26.2 Å². The Morgan fingerprint density at radius 2 is 1.52 bits per heavy atom. The van der Waals surface area contributed by atoms with Gasteiger partial charge in [-0.15, -0.1) is 11.8 Å². The fraction of sp³-hybridized carbons (Fsp3) is 0.455. The Hall–Kier alpha value is -1.29. The van der Waals surface area contributed by atoms with Gasteiger partial charge in [-0.2, -0.15) is 0 Å². The standard InChI is InChI=1S/C22H32N2S/c1-22(2,3)24(19-20-11-6-4-7-12-20)17-16-23-15-10-18-25-21-13-8-5-9-14-21/h4-9,11-14,23H,10,15-19H2,1-3H3. The Morgan fingerprint density at radius 3 is 2.16 bits per heavy atom. The van der Waals surface area contributed by atoms with Gasteiger partial charge >= 0.3 is 0 Å². The van der Waals surface area contributed by atoms with E-state index in [9.17, 15) is 0 Å². The van der Waals surface area contributed by atoms with E-state index in [1.54, 1.807) is 0 Å². The van der Waals surface area contributed by atoms with E-state index in [0.29, 0.717) is 0 Å². The van der Waals surface area contributed by atoms with Gasteiger partial charge in [-0.1, -0.05) is 48.5 Å². The molecule has 0 aromatic heterocycles. The Bertz CT molecular complexity index is 578. The first-order valence-corrected chi connectivity index (χ1v) is 10.2. The van der Waals surface area contributed by atoms with E-state index in [4.69, 9.17) is 0 Å². The fourth-order valence-electron chi connectivity index (χ4n) is 2.70. The lowest BCUT2D eigenvalue weighted by molar-refractivity contribution is 0.129. The smallest absolute Gasteiger partial charge is 0.0239 e. The van der Waals surface area contributed by atoms with Crippen LogP contribution in [0.15, 0.2) is 65.6 Å². The van der Waals surface area contributed by atoms with E-state index in [1.807, 2.05) is 11.8 Å². The van der Waals surface area contributed by atoms with Crippen LogP contribution in [0.1, 0.15) is 32.8 Å². The first-order chi connectivity index (χ1) is 12.1. The number of hydrogen-bond acceptors (Lipinski definition) is 3. The van der Waals surface area contributed by atoms with Gasteiger partial charge in [0.15, 0.2) is 0 Å². The van der Waals surface area contributed by atoms with Crippen molar-refractivity contribution in [2.45, 2.75) is 44.2 Å². The Morgan fingerprint density at radius 1 is 0.880 bits per heavy atom. The zero-order chi connectivity index (χ0) is 18.0. The third-order valence-electron chi connectivity index (χ3n) is 4.23. The Balaban J connectivity index is 1.63. The molecule has 2 aromatic rings. The van der Waals surface area contributed by atoms with Crippen LogP contribution in [-0.4, -0.2) is 35.8 Å². The van der Waals surface area contributed by atoms with Gasteiger partial charge in [-0.05, 0) is 57.2 Å². The molecular formula is C22H32N2S. The van der Waals surface area contributed by atoms with Crippen LogP contribution in [0.3, 0.4) is 0 Å². The second-order valence-corrected chi connectivity index (χ2v) is 8.51. The molecule has 0 fully saturated rings. The average Bonchev–Trinajstić information content (AvgIpc) is 2.61. The van der Waals surface area contributed by atoms with Crippen LogP contribution in [-0.2, 0) is 6.54 Å². The van der Waals surface area contributed by atoms with Gasteiger partial charge in [0.1, 0.15) is 0 Å². The molecule has 25 heavy (non-hydrogen) atoms. The van der Waals surface area contributed by atoms with Crippen molar-refractivity contribution in [2.24, 2.45) is 0 Å². The first-order valence-electron chi connectivity index (χ1n) is 9.23. The number of benzene rings is 2. The molecule has 0 radical (unpaired) electrons. The zero-order valence-electron chi connectivity index (χ0n) is 15.9. The largest absolute Gasteiger partial charge is 0.315 e. The lowest BCUT2D eigenvalue weighted by atomic mass is 10.0. The molecule has 0 heterocycles. The number of thioether (sulfide) groups is 1. The minimum atomic E-state index is 0.181. The molecule has 3 heteroatoms. The van der Waals surface area contributed by atoms with Crippen molar-refractivity contribution >= 4 is 11.8 Å². The molecule has 0 saturated carbocycles. The lowest BCUT2D eigenvalue weighted by Gasteiger charge is -2.36. The summed E-state index contributed by atoms with van der Waals surface area (Å²) in [5.41, 5.74) is 1.57. The van der Waals surface area contributed by atoms with Gasteiger partial charge in [-0.25, -0.2) is 0 Å². The van der Waals surface area contributed by atoms with Gasteiger partial charge < -0.3 is 5.32 Å². The topological polar surface area (TPSA) is 15.3 Å². The minimum Gasteiger partial charge on any atom is -0.315 e. The second kappa shape index (κ2) is 10.6. The normalized spacial score (nSPS) is 11.8. The van der Waals surface area contributed by atoms with Gasteiger partial charge in [-0.3, -0.25) is 4.90 Å². The summed E-state index contributed by atoms with van der Waals surface area (Å²) in [6.45, 7) is 11.1. The molecule has 0 unspecified atom stereocenters. The number of rotatable bonds is 10. The van der Waals surface area contributed by atoms with Gasteiger partial charge in [0, 0.05) is 30.1 Å². The average molecular weight is 357 g/mol. The molecule has 136 valence electrons. The van der Waals surface area contributed by atoms with Crippen LogP contribution < -0.4 is 5.32 Å². The van der Waals surface area contributed by atoms with Crippen molar-refractivity contribution in [1.29, 1.82) is 0 Å². The molecule has 0 bridgehead atoms. The zero-order valence-corrected chi connectivity index (χ0v) is 16.7. The summed E-state index contributed by atoms with van der Waals surface area (Å²) < 4.78 is 0. The predicted octanol–water partition coefficient (Wildman–Crippen LogP) is 5.06. The molecule has 2 aromatic carbocycles. The maximum Gasteiger partial charge on any atom is 0.0239 e. The molecule has 0 aliphatic carbocycles. The van der Waals surface area contributed by atoms with E-state index in [-0.39, 0.29) is 5.54 Å². The maximum atomic E-state index is 3.61. The summed E-state index contributed by atoms with van der Waals surface area (Å²) in [6, 6.07) is 21.4. The number of hydrogen-bond donors (Lipinski definition) is 1. The molecule has 2 rings (SSSR count). The number of nitrogens with one attached hydrogen (secondary N) is 1. The van der Waals surface area contributed by atoms with Crippen molar-refractivity contribution in [3.63, 3.8) is 0 Å². The van der Waals surface area contributed by atoms with E-state index >= 15 is 0 Å². The highest BCUT2D eigenvalue weighted by atomic mass is 32.2. The van der Waals surface area contributed by atoms with Gasteiger partial charge in [0.05, 0.1) is 0 Å². The van der Waals surface area contributed by atoms with E-state index in [1.165, 1.54) is 22.6 Å². The molecule has 0 saturated heterocycles. The summed E-state index contributed by atoms with van der Waals surface area (Å²) in [5, 5.41) is 3.61. The van der Waals surface area contributed by atoms with Crippen molar-refractivity contribution in [2.75, 3.05) is 25.4 Å². The van der Waals surface area contributed by atoms with Crippen LogP contribution >= 0.6 is 11.8 Å². The predicted molar refractivity (Wildman–Crippen MR) is 111 cm³/mol. The summed E-state index contributed by atoms with van der Waals surface area (Å²) in [6.07, 6.45) is 1.20. The highest BCUT2D eigenvalue weighted by Crippen LogP contribution is 2.18. The van der Waals surface area contributed by atoms with Crippen LogP contribution in [0.4, 0.5) is 0 Å². The van der Waals surface area contributed by atoms with Crippen LogP contribution in [0.25, 0.3) is 0 Å². The Labute approximate surface area is 158 Å². The molecule has 0 spiro atoms. The SMILES string of the molecule is CC(C)(C)N(CCNCCCSc1ccccc1)Cc1ccccc1. The molecule has 0 aliphatic rings. The second-order valence-electron chi connectivity index (χ2n) is 7.34. The Kier molecular flexibility index (Phi) is 8.53. The summed E-state index contributed by atoms with van der Waals surface area (Å²) in [5.74, 6) is 1.17. The minimum absolute atomic E-state index is 0.181. The monoisotopic (exact) mass is 356 g/mol. The van der Waals surface area contributed by atoms with Crippen LogP contribution in [0.5, 0.6) is 0 Å². The summed E-state index contributed by atoms with van der Waals surface area (Å²) in [4.78, 5) is 3.91. The maximum absolute atomic E-state index is 3.61. The first kappa shape index (κ1) is 20.0. The molecule has 0 aliphatic heterocycles.